The molecule has 0 aromatic carbocycles. The highest BCUT2D eigenvalue weighted by Gasteiger charge is 2.22. The minimum Gasteiger partial charge on any atom is -0.480 e. The number of carboxylic acids is 1. The van der Waals surface area contributed by atoms with Crippen LogP contribution < -0.4 is 0 Å². The van der Waals surface area contributed by atoms with Crippen molar-refractivity contribution in [2.24, 2.45) is 0 Å². The maximum Gasteiger partial charge on any atom is 0.329 e. The van der Waals surface area contributed by atoms with E-state index in [1.54, 1.807) is 7.11 Å². The quantitative estimate of drug-likeness (QED) is 0.444. The Morgan fingerprint density at radius 1 is 1.19 bits per heavy atom. The van der Waals surface area contributed by atoms with Crippen molar-refractivity contribution in [3.8, 4) is 0 Å². The van der Waals surface area contributed by atoms with Crippen molar-refractivity contribution in [1.82, 2.24) is 0 Å². The number of hydrogen-bond donors (Lipinski definition) is 1. The van der Waals surface area contributed by atoms with E-state index in [1.807, 2.05) is 0 Å². The summed E-state index contributed by atoms with van der Waals surface area (Å²) in [5.74, 6) is -0.914. The summed E-state index contributed by atoms with van der Waals surface area (Å²) in [6.45, 7) is 9.07. The van der Waals surface area contributed by atoms with Crippen LogP contribution in [-0.4, -0.2) is 68.7 Å². The molecule has 5 nitrogen and oxygen atoms in total. The molecule has 0 rings (SSSR count). The molecule has 0 aromatic heterocycles. The van der Waals surface area contributed by atoms with Crippen LogP contribution in [0.2, 0.25) is 0 Å². The molecule has 0 bridgehead atoms. The van der Waals surface area contributed by atoms with Crippen LogP contribution in [0.4, 0.5) is 0 Å². The van der Waals surface area contributed by atoms with E-state index in [0.29, 0.717) is 6.61 Å². The Morgan fingerprint density at radius 3 is 2.19 bits per heavy atom. The number of ether oxygens (including phenoxy) is 2. The second-order valence-corrected chi connectivity index (χ2v) is 3.86. The van der Waals surface area contributed by atoms with Crippen molar-refractivity contribution in [2.45, 2.75) is 13.8 Å². The average Bonchev–Trinajstić information content (AvgIpc) is 2.29. The van der Waals surface area contributed by atoms with E-state index >= 15 is 0 Å². The Balaban J connectivity index is 3.95. The highest BCUT2D eigenvalue weighted by molar-refractivity contribution is 5.67. The second-order valence-electron chi connectivity index (χ2n) is 3.86. The number of rotatable bonds is 10. The van der Waals surface area contributed by atoms with Crippen molar-refractivity contribution >= 4 is 5.97 Å². The van der Waals surface area contributed by atoms with E-state index in [0.717, 1.165) is 37.3 Å². The number of aliphatic carboxylic acids is 1. The Morgan fingerprint density at radius 2 is 1.75 bits per heavy atom. The molecule has 0 aliphatic rings. The fourth-order valence-electron chi connectivity index (χ4n) is 1.67. The first-order valence-electron chi connectivity index (χ1n) is 5.73. The van der Waals surface area contributed by atoms with Gasteiger partial charge < -0.3 is 19.1 Å². The smallest absolute Gasteiger partial charge is 0.329 e. The molecule has 96 valence electrons. The topological polar surface area (TPSA) is 55.8 Å². The molecule has 1 N–H and O–H groups in total. The largest absolute Gasteiger partial charge is 0.480 e. The number of hydrogen-bond acceptors (Lipinski definition) is 3. The summed E-state index contributed by atoms with van der Waals surface area (Å²) in [5.41, 5.74) is 0. The van der Waals surface area contributed by atoms with Gasteiger partial charge in [0.25, 0.3) is 0 Å². The summed E-state index contributed by atoms with van der Waals surface area (Å²) in [6.07, 6.45) is 0. The molecule has 0 aliphatic carbocycles. The number of nitrogens with zero attached hydrogens (tertiary/aromatic N) is 1. The molecule has 0 amide bonds. The maximum absolute atomic E-state index is 10.3. The van der Waals surface area contributed by atoms with Crippen molar-refractivity contribution in [3.63, 3.8) is 0 Å². The zero-order chi connectivity index (χ0) is 12.4. The Hall–Kier alpha value is -0.650. The third-order valence-corrected chi connectivity index (χ3v) is 3.05. The van der Waals surface area contributed by atoms with Gasteiger partial charge in [0.2, 0.25) is 0 Å². The summed E-state index contributed by atoms with van der Waals surface area (Å²) >= 11 is 0. The van der Waals surface area contributed by atoms with Gasteiger partial charge in [0.05, 0.1) is 26.3 Å². The zero-order valence-corrected chi connectivity index (χ0v) is 10.6. The van der Waals surface area contributed by atoms with Gasteiger partial charge in [0.15, 0.2) is 0 Å². The van der Waals surface area contributed by atoms with Gasteiger partial charge >= 0.3 is 5.97 Å². The van der Waals surface area contributed by atoms with Crippen LogP contribution in [0.3, 0.4) is 0 Å². The minimum absolute atomic E-state index is 0.211. The minimum atomic E-state index is -0.914. The van der Waals surface area contributed by atoms with Crippen molar-refractivity contribution in [3.05, 3.63) is 0 Å². The number of quaternary nitrogens is 1. The molecule has 0 atom stereocenters. The number of carboxylic acid groups (broad SMARTS) is 1. The predicted molar refractivity (Wildman–Crippen MR) is 61.4 cm³/mol. The molecule has 0 aromatic rings. The van der Waals surface area contributed by atoms with Gasteiger partial charge in [0, 0.05) is 7.11 Å². The molecule has 0 unspecified atom stereocenters. The Bertz CT molecular complexity index is 192. The van der Waals surface area contributed by atoms with Crippen LogP contribution in [0.15, 0.2) is 0 Å². The Labute approximate surface area is 97.5 Å². The van der Waals surface area contributed by atoms with Crippen molar-refractivity contribution in [2.75, 3.05) is 53.1 Å². The molecule has 0 saturated heterocycles. The normalized spacial score (nSPS) is 11.7. The molecule has 16 heavy (non-hydrogen) atoms. The maximum atomic E-state index is 10.3. The number of methoxy groups -OCH3 is 1. The van der Waals surface area contributed by atoms with Crippen LogP contribution in [-0.2, 0) is 14.3 Å². The van der Waals surface area contributed by atoms with Gasteiger partial charge in [-0.25, -0.2) is 4.79 Å². The van der Waals surface area contributed by atoms with E-state index in [4.69, 9.17) is 14.6 Å². The van der Waals surface area contributed by atoms with Gasteiger partial charge in [-0.1, -0.05) is 0 Å². The summed E-state index contributed by atoms with van der Waals surface area (Å²) in [7, 11) is 1.70. The van der Waals surface area contributed by atoms with Crippen molar-refractivity contribution < 1.29 is 23.9 Å². The summed E-state index contributed by atoms with van der Waals surface area (Å²) in [5, 5.41) is 8.45. The molecule has 5 heteroatoms. The fourth-order valence-corrected chi connectivity index (χ4v) is 1.67. The SMILES string of the molecule is CC[N+](CC)(CCOC)CCOCC(=O)O. The lowest BCUT2D eigenvalue weighted by atomic mass is 10.3. The third kappa shape index (κ3) is 6.05. The van der Waals surface area contributed by atoms with E-state index in [-0.39, 0.29) is 6.61 Å². The van der Waals surface area contributed by atoms with Crippen LogP contribution in [0.1, 0.15) is 13.8 Å². The zero-order valence-electron chi connectivity index (χ0n) is 10.6. The van der Waals surface area contributed by atoms with Gasteiger partial charge in [0.1, 0.15) is 19.7 Å². The highest BCUT2D eigenvalue weighted by Crippen LogP contribution is 2.05. The van der Waals surface area contributed by atoms with Crippen LogP contribution in [0, 0.1) is 0 Å². The molecule has 0 aliphatic heterocycles. The van der Waals surface area contributed by atoms with E-state index < -0.39 is 5.97 Å². The monoisotopic (exact) mass is 234 g/mol. The Kier molecular flexibility index (Phi) is 8.15. The van der Waals surface area contributed by atoms with Crippen LogP contribution in [0.25, 0.3) is 0 Å². The lowest BCUT2D eigenvalue weighted by Gasteiger charge is -2.36. The molecule has 0 spiro atoms. The van der Waals surface area contributed by atoms with Gasteiger partial charge in [-0.3, -0.25) is 0 Å². The first-order valence-corrected chi connectivity index (χ1v) is 5.73. The first-order chi connectivity index (χ1) is 7.60. The molecular weight excluding hydrogens is 210 g/mol. The predicted octanol–water partition coefficient (Wildman–Crippen LogP) is 0.591. The highest BCUT2D eigenvalue weighted by atomic mass is 16.5. The van der Waals surface area contributed by atoms with Gasteiger partial charge in [-0.05, 0) is 13.8 Å². The standard InChI is InChI=1S/C11H23NO4/c1-4-12(5-2,6-8-15-3)7-9-16-10-11(13)14/h4-10H2,1-3H3/p+1. The number of carbonyl (C=O) groups is 1. The second kappa shape index (κ2) is 8.50. The van der Waals surface area contributed by atoms with E-state index in [1.165, 1.54) is 0 Å². The molecule has 0 heterocycles. The van der Waals surface area contributed by atoms with Crippen LogP contribution in [0.5, 0.6) is 0 Å². The first kappa shape index (κ1) is 15.3. The lowest BCUT2D eigenvalue weighted by Crippen LogP contribution is -2.51. The fraction of sp³-hybridized carbons (Fsp3) is 0.909. The van der Waals surface area contributed by atoms with Gasteiger partial charge in [-0.15, -0.1) is 0 Å². The molecule has 0 fully saturated rings. The molecule has 0 radical (unpaired) electrons. The van der Waals surface area contributed by atoms with Gasteiger partial charge in [-0.2, -0.15) is 0 Å². The molecular formula is C11H24NO4+. The molecule has 0 saturated carbocycles. The average molecular weight is 234 g/mol. The van der Waals surface area contributed by atoms with E-state index in [2.05, 4.69) is 13.8 Å². The number of likely N-dealkylation sites (N-methyl/N-ethyl adjacent to an activating group) is 1. The van der Waals surface area contributed by atoms with Crippen molar-refractivity contribution in [1.29, 1.82) is 0 Å². The summed E-state index contributed by atoms with van der Waals surface area (Å²) in [6, 6.07) is 0. The third-order valence-electron chi connectivity index (χ3n) is 3.05. The van der Waals surface area contributed by atoms with E-state index in [9.17, 15) is 4.79 Å². The summed E-state index contributed by atoms with van der Waals surface area (Å²) < 4.78 is 11.1. The lowest BCUT2D eigenvalue weighted by molar-refractivity contribution is -0.925. The summed E-state index contributed by atoms with van der Waals surface area (Å²) in [4.78, 5) is 10.3. The van der Waals surface area contributed by atoms with Crippen LogP contribution >= 0.6 is 0 Å².